The summed E-state index contributed by atoms with van der Waals surface area (Å²) in [5, 5.41) is 2.13. The van der Waals surface area contributed by atoms with E-state index in [-0.39, 0.29) is 11.7 Å². The van der Waals surface area contributed by atoms with Crippen molar-refractivity contribution in [1.82, 2.24) is 5.32 Å². The molecule has 1 atom stereocenters. The fourth-order valence-corrected chi connectivity index (χ4v) is 3.91. The lowest BCUT2D eigenvalue weighted by atomic mass is 10.1. The molecule has 5 nitrogen and oxygen atoms in total. The molecule has 10 heteroatoms. The van der Waals surface area contributed by atoms with Crippen molar-refractivity contribution in [2.45, 2.75) is 32.0 Å². The van der Waals surface area contributed by atoms with Crippen molar-refractivity contribution in [2.24, 2.45) is 0 Å². The summed E-state index contributed by atoms with van der Waals surface area (Å²) in [6.45, 7) is 1.13. The van der Waals surface area contributed by atoms with Crippen LogP contribution in [0.5, 0.6) is 0 Å². The second kappa shape index (κ2) is 9.70. The van der Waals surface area contributed by atoms with E-state index in [9.17, 15) is 26.4 Å². The molecule has 0 aliphatic rings. The number of halogens is 4. The molecule has 0 unspecified atom stereocenters. The summed E-state index contributed by atoms with van der Waals surface area (Å²) in [6, 6.07) is 12.1. The number of anilines is 1. The topological polar surface area (TPSA) is 66.5 Å². The fourth-order valence-electron chi connectivity index (χ4n) is 2.84. The van der Waals surface area contributed by atoms with Crippen LogP contribution in [-0.4, -0.2) is 33.2 Å². The number of alkyl halides is 3. The fraction of sp³-hybridized carbons (Fsp3) is 0.350. The summed E-state index contributed by atoms with van der Waals surface area (Å²) in [5.41, 5.74) is -0.370. The maximum atomic E-state index is 13.1. The van der Waals surface area contributed by atoms with E-state index in [1.807, 2.05) is 30.3 Å². The van der Waals surface area contributed by atoms with Crippen molar-refractivity contribution in [2.75, 3.05) is 17.1 Å². The molecule has 1 amide bonds. The smallest absolute Gasteiger partial charge is 0.352 e. The summed E-state index contributed by atoms with van der Waals surface area (Å²) >= 11 is 5.59. The van der Waals surface area contributed by atoms with Gasteiger partial charge in [-0.05, 0) is 43.5 Å². The van der Waals surface area contributed by atoms with Crippen molar-refractivity contribution in [1.29, 1.82) is 0 Å². The SMILES string of the molecule is C[C@@H](CCc1ccccc1)NC(=O)CN(c1ccc(Cl)c(C(F)(F)F)c1)S(C)(=O)=O. The zero-order chi connectivity index (χ0) is 22.5. The number of benzene rings is 2. The lowest BCUT2D eigenvalue weighted by Gasteiger charge is -2.24. The highest BCUT2D eigenvalue weighted by molar-refractivity contribution is 7.92. The highest BCUT2D eigenvalue weighted by Crippen LogP contribution is 2.37. The third kappa shape index (κ3) is 6.91. The maximum Gasteiger partial charge on any atom is 0.417 e. The Morgan fingerprint density at radius 1 is 1.17 bits per heavy atom. The second-order valence-corrected chi connectivity index (χ2v) is 9.24. The van der Waals surface area contributed by atoms with Gasteiger partial charge in [0.05, 0.1) is 22.5 Å². The molecule has 2 aromatic carbocycles. The monoisotopic (exact) mass is 462 g/mol. The Hall–Kier alpha value is -2.26. The predicted molar refractivity (Wildman–Crippen MR) is 111 cm³/mol. The Labute approximate surface area is 178 Å². The van der Waals surface area contributed by atoms with Gasteiger partial charge in [0.15, 0.2) is 0 Å². The minimum absolute atomic E-state index is 0.255. The molecule has 0 saturated carbocycles. The molecule has 2 aromatic rings. The largest absolute Gasteiger partial charge is 0.417 e. The van der Waals surface area contributed by atoms with E-state index < -0.39 is 39.2 Å². The molecule has 164 valence electrons. The first kappa shape index (κ1) is 24.0. The number of nitrogens with zero attached hydrogens (tertiary/aromatic N) is 1. The molecule has 1 N–H and O–H groups in total. The molecule has 0 aliphatic carbocycles. The van der Waals surface area contributed by atoms with Crippen LogP contribution < -0.4 is 9.62 Å². The van der Waals surface area contributed by atoms with E-state index in [1.54, 1.807) is 6.92 Å². The van der Waals surface area contributed by atoms with Gasteiger partial charge >= 0.3 is 6.18 Å². The van der Waals surface area contributed by atoms with E-state index in [0.717, 1.165) is 24.0 Å². The molecule has 0 bridgehead atoms. The molecule has 0 saturated heterocycles. The lowest BCUT2D eigenvalue weighted by molar-refractivity contribution is -0.137. The Morgan fingerprint density at radius 3 is 2.37 bits per heavy atom. The molecule has 0 spiro atoms. The highest BCUT2D eigenvalue weighted by Gasteiger charge is 2.34. The highest BCUT2D eigenvalue weighted by atomic mass is 35.5. The van der Waals surface area contributed by atoms with Gasteiger partial charge in [-0.2, -0.15) is 13.2 Å². The van der Waals surface area contributed by atoms with E-state index in [4.69, 9.17) is 11.6 Å². The molecule has 0 radical (unpaired) electrons. The molecule has 0 heterocycles. The molecule has 0 aromatic heterocycles. The average molecular weight is 463 g/mol. The predicted octanol–water partition coefficient (Wildman–Crippen LogP) is 4.26. The molecular formula is C20H22ClF3N2O3S. The summed E-state index contributed by atoms with van der Waals surface area (Å²) in [6.07, 6.45) is -2.61. The van der Waals surface area contributed by atoms with Crippen molar-refractivity contribution < 1.29 is 26.4 Å². The van der Waals surface area contributed by atoms with Crippen LogP contribution in [0, 0.1) is 0 Å². The number of carbonyl (C=O) groups excluding carboxylic acids is 1. The number of carbonyl (C=O) groups is 1. The number of hydrogen-bond donors (Lipinski definition) is 1. The second-order valence-electron chi connectivity index (χ2n) is 6.92. The minimum atomic E-state index is -4.76. The van der Waals surface area contributed by atoms with Crippen LogP contribution in [0.2, 0.25) is 5.02 Å². The molecular weight excluding hydrogens is 441 g/mol. The summed E-state index contributed by atoms with van der Waals surface area (Å²) in [4.78, 5) is 12.4. The number of aryl methyl sites for hydroxylation is 1. The maximum absolute atomic E-state index is 13.1. The van der Waals surface area contributed by atoms with E-state index >= 15 is 0 Å². The van der Waals surface area contributed by atoms with Crippen molar-refractivity contribution >= 4 is 33.2 Å². The van der Waals surface area contributed by atoms with Crippen LogP contribution in [0.15, 0.2) is 48.5 Å². The van der Waals surface area contributed by atoms with Crippen LogP contribution in [0.25, 0.3) is 0 Å². The van der Waals surface area contributed by atoms with Gasteiger partial charge in [0.2, 0.25) is 15.9 Å². The summed E-state index contributed by atoms with van der Waals surface area (Å²) in [5.74, 6) is -0.621. The standard InChI is InChI=1S/C20H22ClF3N2O3S/c1-14(8-9-15-6-4-3-5-7-15)25-19(27)13-26(30(2,28)29)16-10-11-18(21)17(12-16)20(22,23)24/h3-7,10-12,14H,8-9,13H2,1-2H3,(H,25,27)/t14-/m0/s1. The van der Waals surface area contributed by atoms with Gasteiger partial charge in [-0.1, -0.05) is 41.9 Å². The lowest BCUT2D eigenvalue weighted by Crippen LogP contribution is -2.43. The zero-order valence-electron chi connectivity index (χ0n) is 16.4. The van der Waals surface area contributed by atoms with Crippen LogP contribution in [-0.2, 0) is 27.4 Å². The Balaban J connectivity index is 2.11. The van der Waals surface area contributed by atoms with Crippen molar-refractivity contribution in [3.8, 4) is 0 Å². The van der Waals surface area contributed by atoms with E-state index in [1.165, 1.54) is 0 Å². The number of nitrogens with one attached hydrogen (secondary N) is 1. The number of sulfonamides is 1. The number of rotatable bonds is 8. The third-order valence-electron chi connectivity index (χ3n) is 4.35. The molecule has 2 rings (SSSR count). The third-order valence-corrected chi connectivity index (χ3v) is 5.82. The van der Waals surface area contributed by atoms with Crippen LogP contribution in [0.1, 0.15) is 24.5 Å². The normalized spacial score (nSPS) is 13.0. The van der Waals surface area contributed by atoms with Gasteiger partial charge < -0.3 is 5.32 Å². The quantitative estimate of drug-likeness (QED) is 0.637. The van der Waals surface area contributed by atoms with Crippen molar-refractivity contribution in [3.63, 3.8) is 0 Å². The van der Waals surface area contributed by atoms with Crippen LogP contribution >= 0.6 is 11.6 Å². The Bertz CT molecular complexity index is 983. The Morgan fingerprint density at radius 2 is 1.80 bits per heavy atom. The van der Waals surface area contributed by atoms with Gasteiger partial charge in [-0.15, -0.1) is 0 Å². The van der Waals surface area contributed by atoms with Gasteiger partial charge in [-0.3, -0.25) is 9.10 Å². The van der Waals surface area contributed by atoms with Gasteiger partial charge in [-0.25, -0.2) is 8.42 Å². The van der Waals surface area contributed by atoms with Gasteiger partial charge in [0, 0.05) is 6.04 Å². The first-order valence-electron chi connectivity index (χ1n) is 9.05. The van der Waals surface area contributed by atoms with E-state index in [0.29, 0.717) is 23.2 Å². The average Bonchev–Trinajstić information content (AvgIpc) is 2.64. The number of hydrogen-bond acceptors (Lipinski definition) is 3. The molecule has 0 fully saturated rings. The first-order valence-corrected chi connectivity index (χ1v) is 11.3. The Kier molecular flexibility index (Phi) is 7.76. The molecule has 0 aliphatic heterocycles. The minimum Gasteiger partial charge on any atom is -0.352 e. The molecule has 30 heavy (non-hydrogen) atoms. The van der Waals surface area contributed by atoms with Gasteiger partial charge in [0.1, 0.15) is 6.54 Å². The summed E-state index contributed by atoms with van der Waals surface area (Å²) < 4.78 is 64.3. The first-order chi connectivity index (χ1) is 13.9. The van der Waals surface area contributed by atoms with Crippen molar-refractivity contribution in [3.05, 3.63) is 64.7 Å². The van der Waals surface area contributed by atoms with E-state index in [2.05, 4.69) is 5.32 Å². The summed E-state index contributed by atoms with van der Waals surface area (Å²) in [7, 11) is -4.02. The zero-order valence-corrected chi connectivity index (χ0v) is 18.0. The van der Waals surface area contributed by atoms with Gasteiger partial charge in [0.25, 0.3) is 0 Å². The number of amides is 1. The van der Waals surface area contributed by atoms with Crippen LogP contribution in [0.3, 0.4) is 0 Å². The van der Waals surface area contributed by atoms with Crippen LogP contribution in [0.4, 0.5) is 18.9 Å².